The molecule has 0 aromatic heterocycles. The van der Waals surface area contributed by atoms with Gasteiger partial charge in [-0.15, -0.1) is 0 Å². The molecule has 1 N–H and O–H groups in total. The summed E-state index contributed by atoms with van der Waals surface area (Å²) in [5.41, 5.74) is 1.77. The van der Waals surface area contributed by atoms with Gasteiger partial charge in [0.05, 0.1) is 32.8 Å². The van der Waals surface area contributed by atoms with Gasteiger partial charge in [0.2, 0.25) is 5.75 Å². The van der Waals surface area contributed by atoms with E-state index >= 15 is 0 Å². The number of hydrogen-bond acceptors (Lipinski definition) is 8. The molecule has 0 aliphatic heterocycles. The maximum Gasteiger partial charge on any atom is 0.323 e. The molecule has 0 atom stereocenters. The molecular weight excluding hydrogens is 610 g/mol. The zero-order valence-corrected chi connectivity index (χ0v) is 20.7. The summed E-state index contributed by atoms with van der Waals surface area (Å²) in [6.45, 7) is 0.802. The van der Waals surface area contributed by atoms with Gasteiger partial charge in [-0.2, -0.15) is 5.10 Å². The van der Waals surface area contributed by atoms with Crippen molar-refractivity contribution < 1.29 is 28.7 Å². The van der Waals surface area contributed by atoms with Crippen LogP contribution in [-0.2, 0) is 9.59 Å². The fourth-order valence-electron chi connectivity index (χ4n) is 2.30. The number of nitrogens with one attached hydrogen (secondary N) is 1. The van der Waals surface area contributed by atoms with Gasteiger partial charge in [-0.25, -0.2) is 5.43 Å². The first-order valence-electron chi connectivity index (χ1n) is 8.27. The molecule has 31 heavy (non-hydrogen) atoms. The van der Waals surface area contributed by atoms with E-state index in [4.69, 9.17) is 14.2 Å². The number of nitro groups is 1. The van der Waals surface area contributed by atoms with Gasteiger partial charge < -0.3 is 14.2 Å². The third kappa shape index (κ3) is 6.74. The van der Waals surface area contributed by atoms with Crippen molar-refractivity contribution in [1.29, 1.82) is 0 Å². The third-order valence-corrected chi connectivity index (χ3v) is 5.11. The van der Waals surface area contributed by atoms with Gasteiger partial charge in [0.1, 0.15) is 5.75 Å². The number of rotatable bonds is 8. The number of ether oxygens (including phenoxy) is 3. The lowest BCUT2D eigenvalue weighted by Gasteiger charge is -2.10. The highest BCUT2D eigenvalue weighted by molar-refractivity contribution is 9.11. The van der Waals surface area contributed by atoms with Crippen LogP contribution in [0.15, 0.2) is 42.8 Å². The minimum absolute atomic E-state index is 0.0253. The third-order valence-electron chi connectivity index (χ3n) is 3.47. The van der Waals surface area contributed by atoms with E-state index in [2.05, 4.69) is 58.3 Å². The average Bonchev–Trinajstić information content (AvgIpc) is 2.67. The molecule has 0 aliphatic carbocycles. The maximum atomic E-state index is 12.0. The monoisotopic (exact) mass is 621 g/mol. The lowest BCUT2D eigenvalue weighted by Crippen LogP contribution is -2.24. The Morgan fingerprint density at radius 2 is 1.84 bits per heavy atom. The van der Waals surface area contributed by atoms with Crippen LogP contribution < -0.4 is 19.6 Å². The fourth-order valence-corrected chi connectivity index (χ4v) is 4.79. The number of nitro benzene ring substituents is 1. The van der Waals surface area contributed by atoms with Crippen molar-refractivity contribution in [2.24, 2.45) is 5.10 Å². The summed E-state index contributed by atoms with van der Waals surface area (Å²) in [6.07, 6.45) is 1.07. The highest BCUT2D eigenvalue weighted by Gasteiger charge is 2.25. The van der Waals surface area contributed by atoms with Gasteiger partial charge in [-0.3, -0.25) is 19.7 Å². The van der Waals surface area contributed by atoms with Crippen LogP contribution in [-0.4, -0.2) is 36.7 Å². The van der Waals surface area contributed by atoms with Gasteiger partial charge in [0.25, 0.3) is 5.91 Å². The number of nitrogens with zero attached hydrogens (tertiary/aromatic N) is 2. The smallest absolute Gasteiger partial charge is 0.323 e. The zero-order valence-electron chi connectivity index (χ0n) is 16.0. The highest BCUT2D eigenvalue weighted by Crippen LogP contribution is 2.39. The number of methoxy groups -OCH3 is 1. The summed E-state index contributed by atoms with van der Waals surface area (Å²) in [5, 5.41) is 15.2. The Labute approximate surface area is 201 Å². The number of benzene rings is 2. The topological polar surface area (TPSA) is 129 Å². The number of halogens is 3. The summed E-state index contributed by atoms with van der Waals surface area (Å²) in [6, 6.07) is 6.13. The van der Waals surface area contributed by atoms with Crippen molar-refractivity contribution in [1.82, 2.24) is 5.43 Å². The van der Waals surface area contributed by atoms with Crippen molar-refractivity contribution >= 4 is 71.6 Å². The van der Waals surface area contributed by atoms with Crippen LogP contribution >= 0.6 is 47.8 Å². The molecule has 0 saturated carbocycles. The van der Waals surface area contributed by atoms with Gasteiger partial charge in [-0.1, -0.05) is 15.9 Å². The van der Waals surface area contributed by atoms with Gasteiger partial charge >= 0.3 is 11.7 Å². The average molecular weight is 624 g/mol. The molecule has 0 heterocycles. The van der Waals surface area contributed by atoms with Crippen molar-refractivity contribution in [3.05, 3.63) is 53.4 Å². The number of amides is 1. The largest absolute Gasteiger partial charge is 0.488 e. The van der Waals surface area contributed by atoms with Crippen LogP contribution in [0.5, 0.6) is 17.2 Å². The maximum absolute atomic E-state index is 12.0. The fraction of sp³-hybridized carbons (Fsp3) is 0.167. The molecular formula is C18H14Br3N3O7. The summed E-state index contributed by atoms with van der Waals surface area (Å²) in [5.74, 6) is -1.19. The number of hydrogen-bond donors (Lipinski definition) is 1. The minimum Gasteiger partial charge on any atom is -0.488 e. The molecule has 2 aromatic carbocycles. The predicted molar refractivity (Wildman–Crippen MR) is 122 cm³/mol. The van der Waals surface area contributed by atoms with Crippen LogP contribution in [0.1, 0.15) is 12.5 Å². The van der Waals surface area contributed by atoms with Gasteiger partial charge in [0, 0.05) is 11.4 Å². The zero-order chi connectivity index (χ0) is 23.1. The number of carbonyl (C=O) groups excluding carboxylic acids is 2. The molecule has 1 amide bonds. The van der Waals surface area contributed by atoms with Crippen LogP contribution in [0.3, 0.4) is 0 Å². The van der Waals surface area contributed by atoms with Crippen molar-refractivity contribution in [2.75, 3.05) is 13.7 Å². The predicted octanol–water partition coefficient (Wildman–Crippen LogP) is 4.35. The van der Waals surface area contributed by atoms with E-state index in [9.17, 15) is 19.7 Å². The molecule has 0 aliphatic rings. The normalized spacial score (nSPS) is 10.6. The van der Waals surface area contributed by atoms with Crippen LogP contribution in [0, 0.1) is 10.1 Å². The first-order chi connectivity index (χ1) is 14.6. The van der Waals surface area contributed by atoms with Gasteiger partial charge in [-0.05, 0) is 56.1 Å². The van der Waals surface area contributed by atoms with Crippen LogP contribution in [0.4, 0.5) is 5.69 Å². The van der Waals surface area contributed by atoms with Crippen molar-refractivity contribution in [2.45, 2.75) is 6.92 Å². The molecule has 0 fully saturated rings. The first kappa shape index (κ1) is 24.8. The number of carbonyl (C=O) groups is 2. The number of esters is 1. The molecule has 0 spiro atoms. The molecule has 0 radical (unpaired) electrons. The summed E-state index contributed by atoms with van der Waals surface area (Å²) >= 11 is 10.00. The molecule has 0 bridgehead atoms. The Hall–Kier alpha value is -2.51. The van der Waals surface area contributed by atoms with Crippen LogP contribution in [0.2, 0.25) is 0 Å². The standard InChI is InChI=1S/C18H14Br3N3O7/c1-9(25)31-14-4-3-10(16(24(27)28)18(14)29-2)7-22-23-15(26)8-30-17-12(20)5-11(19)6-13(17)21/h3-7H,8H2,1-2H3,(H,23,26). The van der Waals surface area contributed by atoms with Crippen molar-refractivity contribution in [3.8, 4) is 17.2 Å². The highest BCUT2D eigenvalue weighted by atomic mass is 79.9. The lowest BCUT2D eigenvalue weighted by atomic mass is 10.1. The molecule has 13 heteroatoms. The number of hydrazone groups is 1. The van der Waals surface area contributed by atoms with E-state index in [1.54, 1.807) is 12.1 Å². The summed E-state index contributed by atoms with van der Waals surface area (Å²) in [7, 11) is 1.20. The van der Waals surface area contributed by atoms with Crippen LogP contribution in [0.25, 0.3) is 0 Å². The van der Waals surface area contributed by atoms with E-state index in [0.717, 1.165) is 17.6 Å². The SMILES string of the molecule is COc1c(OC(C)=O)ccc(C=NNC(=O)COc2c(Br)cc(Br)cc2Br)c1[N+](=O)[O-]. The van der Waals surface area contributed by atoms with E-state index in [1.807, 2.05) is 0 Å². The Kier molecular flexibility index (Phi) is 8.95. The summed E-state index contributed by atoms with van der Waals surface area (Å²) in [4.78, 5) is 34.0. The second-order valence-electron chi connectivity index (χ2n) is 5.67. The molecule has 0 saturated heterocycles. The Bertz CT molecular complexity index is 1040. The molecule has 2 aromatic rings. The molecule has 2 rings (SSSR count). The second-order valence-corrected chi connectivity index (χ2v) is 8.29. The summed E-state index contributed by atoms with van der Waals surface area (Å²) < 4.78 is 17.5. The molecule has 164 valence electrons. The van der Waals surface area contributed by atoms with E-state index in [0.29, 0.717) is 14.7 Å². The van der Waals surface area contributed by atoms with Crippen molar-refractivity contribution in [3.63, 3.8) is 0 Å². The minimum atomic E-state index is -0.708. The lowest BCUT2D eigenvalue weighted by molar-refractivity contribution is -0.385. The van der Waals surface area contributed by atoms with E-state index < -0.39 is 22.5 Å². The quantitative estimate of drug-likeness (QED) is 0.152. The molecule has 0 unspecified atom stereocenters. The van der Waals surface area contributed by atoms with Gasteiger partial charge in [0.15, 0.2) is 12.4 Å². The Morgan fingerprint density at radius 3 is 2.39 bits per heavy atom. The van der Waals surface area contributed by atoms with E-state index in [1.165, 1.54) is 19.2 Å². The first-order valence-corrected chi connectivity index (χ1v) is 10.6. The Balaban J connectivity index is 2.12. The molecule has 10 nitrogen and oxygen atoms in total. The second kappa shape index (κ2) is 11.2. The Morgan fingerprint density at radius 1 is 1.19 bits per heavy atom. The van der Waals surface area contributed by atoms with E-state index in [-0.39, 0.29) is 23.7 Å².